The van der Waals surface area contributed by atoms with Gasteiger partial charge in [0, 0.05) is 6.42 Å². The number of carboxylic acids is 1. The Balaban J connectivity index is 3.13. The fraction of sp³-hybridized carbons (Fsp3) is 0.962. The van der Waals surface area contributed by atoms with Gasteiger partial charge >= 0.3 is 5.97 Å². The van der Waals surface area contributed by atoms with Crippen LogP contribution in [0.1, 0.15) is 155 Å². The van der Waals surface area contributed by atoms with E-state index in [0.717, 1.165) is 25.7 Å². The summed E-state index contributed by atoms with van der Waals surface area (Å²) in [5.74, 6) is -0.664. The van der Waals surface area contributed by atoms with Crippen molar-refractivity contribution in [2.75, 3.05) is 0 Å². The van der Waals surface area contributed by atoms with Crippen LogP contribution in [-0.4, -0.2) is 22.3 Å². The number of hydrogen-bond donors (Lipinski definition) is 2. The lowest BCUT2D eigenvalue weighted by atomic mass is 10.0. The van der Waals surface area contributed by atoms with E-state index in [9.17, 15) is 9.90 Å². The van der Waals surface area contributed by atoms with Crippen molar-refractivity contribution >= 4 is 5.97 Å². The van der Waals surface area contributed by atoms with Crippen LogP contribution < -0.4 is 0 Å². The van der Waals surface area contributed by atoms with E-state index in [-0.39, 0.29) is 6.10 Å². The van der Waals surface area contributed by atoms with Gasteiger partial charge in [-0.3, -0.25) is 4.79 Å². The van der Waals surface area contributed by atoms with E-state index >= 15 is 0 Å². The first kappa shape index (κ1) is 28.4. The molecule has 0 rings (SSSR count). The van der Waals surface area contributed by atoms with Crippen LogP contribution >= 0.6 is 0 Å². The van der Waals surface area contributed by atoms with E-state index in [1.54, 1.807) is 0 Å². The van der Waals surface area contributed by atoms with Crippen LogP contribution in [0.4, 0.5) is 0 Å². The second-order valence-electron chi connectivity index (χ2n) is 9.09. The average Bonchev–Trinajstić information content (AvgIpc) is 2.70. The van der Waals surface area contributed by atoms with Crippen molar-refractivity contribution in [3.8, 4) is 0 Å². The van der Waals surface area contributed by atoms with Gasteiger partial charge in [-0.05, 0) is 19.3 Å². The molecule has 1 unspecified atom stereocenters. The Bertz CT molecular complexity index is 330. The maximum Gasteiger partial charge on any atom is 0.303 e. The second kappa shape index (κ2) is 23.7. The Morgan fingerprint density at radius 3 is 1.21 bits per heavy atom. The highest BCUT2D eigenvalue weighted by Crippen LogP contribution is 2.16. The van der Waals surface area contributed by atoms with E-state index in [4.69, 9.17) is 5.11 Å². The van der Waals surface area contributed by atoms with Gasteiger partial charge < -0.3 is 10.2 Å². The van der Waals surface area contributed by atoms with Gasteiger partial charge in [0.15, 0.2) is 0 Å². The Morgan fingerprint density at radius 2 is 0.862 bits per heavy atom. The summed E-state index contributed by atoms with van der Waals surface area (Å²) in [6.45, 7) is 2.26. The van der Waals surface area contributed by atoms with Gasteiger partial charge in [-0.25, -0.2) is 0 Å². The summed E-state index contributed by atoms with van der Waals surface area (Å²) in [6.07, 6.45) is 27.8. The molecule has 3 nitrogen and oxygen atoms in total. The smallest absolute Gasteiger partial charge is 0.303 e. The molecule has 0 bridgehead atoms. The molecule has 0 aliphatic heterocycles. The first-order chi connectivity index (χ1) is 14.2. The van der Waals surface area contributed by atoms with Crippen molar-refractivity contribution in [2.24, 2.45) is 0 Å². The molecular weight excluding hydrogens is 360 g/mol. The van der Waals surface area contributed by atoms with Gasteiger partial charge in [-0.2, -0.15) is 0 Å². The molecule has 0 radical (unpaired) electrons. The van der Waals surface area contributed by atoms with Crippen LogP contribution in [-0.2, 0) is 4.79 Å². The Kier molecular flexibility index (Phi) is 23.2. The number of hydrogen-bond acceptors (Lipinski definition) is 2. The minimum absolute atomic E-state index is 0.0643. The predicted molar refractivity (Wildman–Crippen MR) is 126 cm³/mol. The number of aliphatic hydroxyl groups excluding tert-OH is 1. The fourth-order valence-corrected chi connectivity index (χ4v) is 4.08. The van der Waals surface area contributed by atoms with Gasteiger partial charge in [-0.1, -0.05) is 129 Å². The highest BCUT2D eigenvalue weighted by molar-refractivity contribution is 5.66. The molecule has 0 aromatic heterocycles. The molecule has 2 N–H and O–H groups in total. The molecule has 0 aromatic carbocycles. The Morgan fingerprint density at radius 1 is 0.552 bits per heavy atom. The number of carboxylic acid groups (broad SMARTS) is 1. The summed E-state index contributed by atoms with van der Waals surface area (Å²) < 4.78 is 0. The molecule has 0 spiro atoms. The molecule has 0 saturated heterocycles. The standard InChI is InChI=1S/C26H52O3/c1-2-3-4-5-6-13-16-19-22-25(27)23-20-17-14-11-9-7-8-10-12-15-18-21-24-26(28)29/h25,27H,2-24H2,1H3,(H,28,29). The van der Waals surface area contributed by atoms with Crippen molar-refractivity contribution in [3.63, 3.8) is 0 Å². The van der Waals surface area contributed by atoms with E-state index in [1.807, 2.05) is 0 Å². The molecule has 0 aliphatic rings. The number of aliphatic hydroxyl groups is 1. The number of carbonyl (C=O) groups is 1. The third-order valence-electron chi connectivity index (χ3n) is 6.07. The summed E-state index contributed by atoms with van der Waals surface area (Å²) in [5, 5.41) is 18.7. The fourth-order valence-electron chi connectivity index (χ4n) is 4.08. The lowest BCUT2D eigenvalue weighted by Crippen LogP contribution is -2.05. The number of unbranched alkanes of at least 4 members (excludes halogenated alkanes) is 18. The maximum atomic E-state index is 10.4. The van der Waals surface area contributed by atoms with Crippen LogP contribution in [0.15, 0.2) is 0 Å². The summed E-state index contributed by atoms with van der Waals surface area (Å²) in [4.78, 5) is 10.4. The summed E-state index contributed by atoms with van der Waals surface area (Å²) in [7, 11) is 0. The minimum atomic E-state index is -0.664. The molecule has 0 saturated carbocycles. The molecule has 0 heterocycles. The SMILES string of the molecule is CCCCCCCCCCC(O)CCCCCCCCCCCCCCC(=O)O. The topological polar surface area (TPSA) is 57.5 Å². The number of aliphatic carboxylic acids is 1. The second-order valence-corrected chi connectivity index (χ2v) is 9.09. The molecule has 0 aliphatic carbocycles. The van der Waals surface area contributed by atoms with Crippen LogP contribution in [0.5, 0.6) is 0 Å². The van der Waals surface area contributed by atoms with E-state index in [0.29, 0.717) is 6.42 Å². The van der Waals surface area contributed by atoms with Crippen molar-refractivity contribution in [2.45, 2.75) is 161 Å². The Labute approximate surface area is 182 Å². The summed E-state index contributed by atoms with van der Waals surface area (Å²) in [5.41, 5.74) is 0. The molecule has 29 heavy (non-hydrogen) atoms. The van der Waals surface area contributed by atoms with Gasteiger partial charge in [-0.15, -0.1) is 0 Å². The first-order valence-electron chi connectivity index (χ1n) is 13.1. The molecule has 174 valence electrons. The molecular formula is C26H52O3. The molecule has 0 aromatic rings. The zero-order valence-corrected chi connectivity index (χ0v) is 19.6. The lowest BCUT2D eigenvalue weighted by Gasteiger charge is -2.10. The van der Waals surface area contributed by atoms with Crippen molar-refractivity contribution in [1.82, 2.24) is 0 Å². The van der Waals surface area contributed by atoms with E-state index < -0.39 is 5.97 Å². The molecule has 0 amide bonds. The first-order valence-corrected chi connectivity index (χ1v) is 13.1. The molecule has 3 heteroatoms. The lowest BCUT2D eigenvalue weighted by molar-refractivity contribution is -0.137. The van der Waals surface area contributed by atoms with Gasteiger partial charge in [0.2, 0.25) is 0 Å². The quantitative estimate of drug-likeness (QED) is 0.156. The van der Waals surface area contributed by atoms with Crippen molar-refractivity contribution in [3.05, 3.63) is 0 Å². The molecule has 1 atom stereocenters. The number of rotatable bonds is 24. The monoisotopic (exact) mass is 412 g/mol. The van der Waals surface area contributed by atoms with E-state index in [2.05, 4.69) is 6.92 Å². The zero-order valence-electron chi connectivity index (χ0n) is 19.6. The summed E-state index contributed by atoms with van der Waals surface area (Å²) >= 11 is 0. The summed E-state index contributed by atoms with van der Waals surface area (Å²) in [6, 6.07) is 0. The van der Waals surface area contributed by atoms with Gasteiger partial charge in [0.05, 0.1) is 6.10 Å². The van der Waals surface area contributed by atoms with Crippen LogP contribution in [0.3, 0.4) is 0 Å². The predicted octanol–water partition coefficient (Wildman–Crippen LogP) is 8.42. The zero-order chi connectivity index (χ0) is 21.4. The van der Waals surface area contributed by atoms with Gasteiger partial charge in [0.25, 0.3) is 0 Å². The minimum Gasteiger partial charge on any atom is -0.481 e. The normalized spacial score (nSPS) is 12.3. The Hall–Kier alpha value is -0.570. The highest BCUT2D eigenvalue weighted by Gasteiger charge is 2.04. The van der Waals surface area contributed by atoms with Gasteiger partial charge in [0.1, 0.15) is 0 Å². The highest BCUT2D eigenvalue weighted by atomic mass is 16.4. The molecule has 0 fully saturated rings. The van der Waals surface area contributed by atoms with Crippen molar-refractivity contribution < 1.29 is 15.0 Å². The third kappa shape index (κ3) is 25.4. The maximum absolute atomic E-state index is 10.4. The van der Waals surface area contributed by atoms with Crippen LogP contribution in [0.2, 0.25) is 0 Å². The average molecular weight is 413 g/mol. The van der Waals surface area contributed by atoms with Crippen LogP contribution in [0, 0.1) is 0 Å². The van der Waals surface area contributed by atoms with Crippen molar-refractivity contribution in [1.29, 1.82) is 0 Å². The largest absolute Gasteiger partial charge is 0.481 e. The third-order valence-corrected chi connectivity index (χ3v) is 6.07. The van der Waals surface area contributed by atoms with Crippen LogP contribution in [0.25, 0.3) is 0 Å². The van der Waals surface area contributed by atoms with E-state index in [1.165, 1.54) is 116 Å².